The molecule has 3 rings (SSSR count). The van der Waals surface area contributed by atoms with Crippen molar-refractivity contribution in [1.82, 2.24) is 0 Å². The van der Waals surface area contributed by atoms with Gasteiger partial charge in [0, 0.05) is 11.0 Å². The number of nitrogens with zero attached hydrogens (tertiary/aromatic N) is 1. The third-order valence-electron chi connectivity index (χ3n) is 4.70. The Bertz CT molecular complexity index is 800. The summed E-state index contributed by atoms with van der Waals surface area (Å²) in [6.45, 7) is 0.643. The van der Waals surface area contributed by atoms with E-state index in [1.165, 1.54) is 0 Å². The van der Waals surface area contributed by atoms with Crippen molar-refractivity contribution in [3.05, 3.63) is 40.9 Å². The van der Waals surface area contributed by atoms with E-state index >= 15 is 0 Å². The smallest absolute Gasteiger partial charge is 0.314 e. The van der Waals surface area contributed by atoms with Crippen LogP contribution in [0.2, 0.25) is 0 Å². The van der Waals surface area contributed by atoms with Crippen molar-refractivity contribution in [1.29, 1.82) is 0 Å². The minimum absolute atomic E-state index is 0. The van der Waals surface area contributed by atoms with Crippen LogP contribution in [0.1, 0.15) is 25.7 Å². The minimum Gasteiger partial charge on any atom is -0.426 e. The summed E-state index contributed by atoms with van der Waals surface area (Å²) in [5, 5.41) is 2.16. The Balaban J connectivity index is 0.00000243. The van der Waals surface area contributed by atoms with E-state index in [2.05, 4.69) is 20.9 Å². The van der Waals surface area contributed by atoms with Crippen molar-refractivity contribution < 1.29 is 9.53 Å². The number of hydrogen-bond acceptors (Lipinski definition) is 3. The highest BCUT2D eigenvalue weighted by atomic mass is 79.9. The highest BCUT2D eigenvalue weighted by Gasteiger charge is 2.27. The van der Waals surface area contributed by atoms with Gasteiger partial charge in [0.15, 0.2) is 5.96 Å². The Morgan fingerprint density at radius 1 is 1.08 bits per heavy atom. The number of halogens is 2. The molecule has 0 bridgehead atoms. The van der Waals surface area contributed by atoms with Gasteiger partial charge in [0.25, 0.3) is 0 Å². The van der Waals surface area contributed by atoms with Crippen LogP contribution < -0.4 is 16.2 Å². The van der Waals surface area contributed by atoms with Crippen LogP contribution in [0.4, 0.5) is 0 Å². The predicted molar refractivity (Wildman–Crippen MR) is 111 cm³/mol. The summed E-state index contributed by atoms with van der Waals surface area (Å²) in [7, 11) is 0. The van der Waals surface area contributed by atoms with Gasteiger partial charge in [-0.05, 0) is 66.6 Å². The molecule has 2 aromatic rings. The molecule has 1 saturated carbocycles. The second-order valence-electron chi connectivity index (χ2n) is 6.56. The molecule has 0 aliphatic heterocycles. The number of rotatable bonds is 4. The molecule has 2 aromatic carbocycles. The van der Waals surface area contributed by atoms with Gasteiger partial charge >= 0.3 is 5.97 Å². The molecule has 0 radical (unpaired) electrons. The Morgan fingerprint density at radius 3 is 2.42 bits per heavy atom. The van der Waals surface area contributed by atoms with Crippen LogP contribution in [0, 0.1) is 11.8 Å². The summed E-state index contributed by atoms with van der Waals surface area (Å²) in [6.07, 6.45) is 3.54. The van der Waals surface area contributed by atoms with E-state index in [1.54, 1.807) is 0 Å². The van der Waals surface area contributed by atoms with E-state index in [9.17, 15) is 4.79 Å². The van der Waals surface area contributed by atoms with Crippen LogP contribution in [0.25, 0.3) is 10.8 Å². The molecule has 140 valence electrons. The molecule has 0 spiro atoms. The number of ether oxygens (including phenoxy) is 1. The molecule has 0 heterocycles. The molecule has 5 nitrogen and oxygen atoms in total. The number of guanidine groups is 1. The predicted octanol–water partition coefficient (Wildman–Crippen LogP) is 4.01. The molecule has 7 heteroatoms. The van der Waals surface area contributed by atoms with Gasteiger partial charge in [-0.15, -0.1) is 12.4 Å². The van der Waals surface area contributed by atoms with Crippen molar-refractivity contribution in [2.45, 2.75) is 25.7 Å². The van der Waals surface area contributed by atoms with Crippen molar-refractivity contribution >= 4 is 51.0 Å². The molecule has 4 N–H and O–H groups in total. The van der Waals surface area contributed by atoms with E-state index in [4.69, 9.17) is 16.2 Å². The molecule has 0 aromatic heterocycles. The first kappa shape index (κ1) is 20.5. The topological polar surface area (TPSA) is 90.7 Å². The molecule has 1 aliphatic carbocycles. The van der Waals surface area contributed by atoms with Crippen LogP contribution in [0.15, 0.2) is 45.9 Å². The summed E-state index contributed by atoms with van der Waals surface area (Å²) >= 11 is 3.46. The third kappa shape index (κ3) is 5.35. The second-order valence-corrected chi connectivity index (χ2v) is 7.47. The third-order valence-corrected chi connectivity index (χ3v) is 5.20. The summed E-state index contributed by atoms with van der Waals surface area (Å²) in [5.41, 5.74) is 10.7. The summed E-state index contributed by atoms with van der Waals surface area (Å²) in [6, 6.07) is 11.7. The Labute approximate surface area is 167 Å². The van der Waals surface area contributed by atoms with Crippen LogP contribution in [-0.4, -0.2) is 18.5 Å². The normalized spacial score (nSPS) is 19.4. The Hall–Kier alpha value is -1.79. The maximum Gasteiger partial charge on any atom is 0.314 e. The van der Waals surface area contributed by atoms with Gasteiger partial charge in [-0.1, -0.05) is 28.1 Å². The number of fused-ring (bicyclic) bond motifs is 1. The summed E-state index contributed by atoms with van der Waals surface area (Å²) < 4.78 is 6.64. The quantitative estimate of drug-likeness (QED) is 0.325. The first-order valence-corrected chi connectivity index (χ1v) is 9.27. The lowest BCUT2D eigenvalue weighted by atomic mass is 9.82. The van der Waals surface area contributed by atoms with Gasteiger partial charge in [-0.2, -0.15) is 0 Å². The molecule has 1 aliphatic rings. The fraction of sp³-hybridized carbons (Fsp3) is 0.368. The van der Waals surface area contributed by atoms with Gasteiger partial charge in [-0.3, -0.25) is 9.79 Å². The number of carbonyl (C=O) groups excluding carboxylic acids is 1. The SMILES string of the molecule is Cl.NC(N)=NCC1CCC(C(=O)Oc2ccc3cc(Br)ccc3c2)CC1. The monoisotopic (exact) mass is 439 g/mol. The highest BCUT2D eigenvalue weighted by molar-refractivity contribution is 9.10. The lowest BCUT2D eigenvalue weighted by Crippen LogP contribution is -2.28. The molecule has 0 saturated heterocycles. The van der Waals surface area contributed by atoms with Crippen molar-refractivity contribution in [2.75, 3.05) is 6.54 Å². The number of hydrogen-bond donors (Lipinski definition) is 2. The van der Waals surface area contributed by atoms with Crippen molar-refractivity contribution in [2.24, 2.45) is 28.3 Å². The van der Waals surface area contributed by atoms with Crippen molar-refractivity contribution in [3.8, 4) is 5.75 Å². The fourth-order valence-electron chi connectivity index (χ4n) is 3.27. The van der Waals surface area contributed by atoms with Gasteiger partial charge in [-0.25, -0.2) is 0 Å². The lowest BCUT2D eigenvalue weighted by Gasteiger charge is -2.26. The van der Waals surface area contributed by atoms with E-state index in [1.807, 2.05) is 36.4 Å². The zero-order valence-electron chi connectivity index (χ0n) is 14.4. The van der Waals surface area contributed by atoms with E-state index in [0.717, 1.165) is 40.9 Å². The maximum absolute atomic E-state index is 12.4. The molecular formula is C19H23BrClN3O2. The average Bonchev–Trinajstić information content (AvgIpc) is 2.60. The maximum atomic E-state index is 12.4. The number of benzene rings is 2. The van der Waals surface area contributed by atoms with Crippen LogP contribution in [0.3, 0.4) is 0 Å². The van der Waals surface area contributed by atoms with Gasteiger partial charge in [0.1, 0.15) is 5.75 Å². The number of aliphatic imine (C=N–C) groups is 1. The molecular weight excluding hydrogens is 418 g/mol. The average molecular weight is 441 g/mol. The number of esters is 1. The van der Waals surface area contributed by atoms with Gasteiger partial charge < -0.3 is 16.2 Å². The van der Waals surface area contributed by atoms with Crippen LogP contribution >= 0.6 is 28.3 Å². The Morgan fingerprint density at radius 2 is 1.73 bits per heavy atom. The number of nitrogens with two attached hydrogens (primary N) is 2. The van der Waals surface area contributed by atoms with E-state index in [-0.39, 0.29) is 30.3 Å². The second kappa shape index (κ2) is 9.24. The molecule has 26 heavy (non-hydrogen) atoms. The number of carbonyl (C=O) groups is 1. The first-order chi connectivity index (χ1) is 12.0. The van der Waals surface area contributed by atoms with E-state index < -0.39 is 0 Å². The molecule has 0 amide bonds. The standard InChI is InChI=1S/C19H22BrN3O2.ClH/c20-16-7-5-15-10-17(8-6-14(15)9-16)25-18(24)13-3-1-12(2-4-13)11-23-19(21)22;/h5-10,12-13H,1-4,11H2,(H4,21,22,23);1H. The largest absolute Gasteiger partial charge is 0.426 e. The van der Waals surface area contributed by atoms with Crippen molar-refractivity contribution in [3.63, 3.8) is 0 Å². The summed E-state index contributed by atoms with van der Waals surface area (Å²) in [5.74, 6) is 0.991. The molecule has 0 unspecified atom stereocenters. The Kier molecular flexibility index (Phi) is 7.29. The summed E-state index contributed by atoms with van der Waals surface area (Å²) in [4.78, 5) is 16.5. The zero-order chi connectivity index (χ0) is 17.8. The van der Waals surface area contributed by atoms with Crippen LogP contribution in [0.5, 0.6) is 5.75 Å². The molecule has 0 atom stereocenters. The van der Waals surface area contributed by atoms with Crippen LogP contribution in [-0.2, 0) is 4.79 Å². The zero-order valence-corrected chi connectivity index (χ0v) is 16.8. The van der Waals surface area contributed by atoms with E-state index in [0.29, 0.717) is 18.2 Å². The van der Waals surface area contributed by atoms with Gasteiger partial charge in [0.05, 0.1) is 5.92 Å². The first-order valence-electron chi connectivity index (χ1n) is 8.47. The fourth-order valence-corrected chi connectivity index (χ4v) is 3.65. The molecule has 1 fully saturated rings. The minimum atomic E-state index is -0.142. The van der Waals surface area contributed by atoms with Gasteiger partial charge in [0.2, 0.25) is 0 Å². The lowest BCUT2D eigenvalue weighted by molar-refractivity contribution is -0.140. The highest BCUT2D eigenvalue weighted by Crippen LogP contribution is 2.31.